The van der Waals surface area contributed by atoms with Crippen LogP contribution in [0.1, 0.15) is 0 Å². The second kappa shape index (κ2) is 5.79. The number of esters is 1. The molecular weight excluding hydrogens is 201 g/mol. The predicted octanol–water partition coefficient (Wildman–Crippen LogP) is -0.261. The number of halogens is 1. The van der Waals surface area contributed by atoms with Crippen molar-refractivity contribution in [3.8, 4) is 0 Å². The molecule has 0 heterocycles. The smallest absolute Gasteiger partial charge is 0.366 e. The van der Waals surface area contributed by atoms with E-state index in [-0.39, 0.29) is 13.2 Å². The van der Waals surface area contributed by atoms with Gasteiger partial charge >= 0.3 is 5.97 Å². The minimum atomic E-state index is -2.36. The van der Waals surface area contributed by atoms with Gasteiger partial charge in [-0.2, -0.15) is 4.39 Å². The van der Waals surface area contributed by atoms with Crippen LogP contribution < -0.4 is 0 Å². The maximum atomic E-state index is 12.0. The van der Waals surface area contributed by atoms with Crippen LogP contribution in [0.25, 0.3) is 0 Å². The van der Waals surface area contributed by atoms with Crippen molar-refractivity contribution in [2.75, 3.05) is 20.2 Å². The number of rotatable bonds is 5. The lowest BCUT2D eigenvalue weighted by molar-refractivity contribution is -0.140. The van der Waals surface area contributed by atoms with Gasteiger partial charge in [0.1, 0.15) is 6.61 Å². The van der Waals surface area contributed by atoms with Crippen molar-refractivity contribution in [3.05, 3.63) is 12.4 Å². The molecule has 1 unspecified atom stereocenters. The summed E-state index contributed by atoms with van der Waals surface area (Å²) in [7, 11) is 1.29. The third kappa shape index (κ3) is 5.45. The molecule has 0 saturated heterocycles. The molecule has 7 heteroatoms. The van der Waals surface area contributed by atoms with Crippen LogP contribution in [0.4, 0.5) is 4.39 Å². The van der Waals surface area contributed by atoms with Gasteiger partial charge in [-0.15, -0.1) is 0 Å². The Labute approximate surface area is 77.6 Å². The molecule has 0 aromatic rings. The molecule has 0 saturated carbocycles. The zero-order chi connectivity index (χ0) is 10.4. The molecule has 0 aromatic heterocycles. The van der Waals surface area contributed by atoms with Gasteiger partial charge in [0.2, 0.25) is 5.83 Å². The summed E-state index contributed by atoms with van der Waals surface area (Å²) in [5.74, 6) is -2.38. The average molecular weight is 210 g/mol. The van der Waals surface area contributed by atoms with Crippen LogP contribution in [0.5, 0.6) is 0 Å². The molecule has 5 nitrogen and oxygen atoms in total. The molecule has 1 atom stereocenters. The number of hydrogen-bond donors (Lipinski definition) is 0. The van der Waals surface area contributed by atoms with Crippen LogP contribution in [0.15, 0.2) is 12.4 Å². The topological polar surface area (TPSA) is 69.7 Å². The maximum Gasteiger partial charge on any atom is 0.366 e. The van der Waals surface area contributed by atoms with E-state index in [1.807, 2.05) is 0 Å². The molecule has 0 N–H and O–H groups in total. The van der Waals surface area contributed by atoms with Crippen molar-refractivity contribution in [1.29, 1.82) is 0 Å². The molecule has 0 aliphatic rings. The van der Waals surface area contributed by atoms with E-state index in [9.17, 15) is 17.9 Å². The predicted molar refractivity (Wildman–Crippen MR) is 42.8 cm³/mol. The van der Waals surface area contributed by atoms with Crippen LogP contribution in [0, 0.1) is 0 Å². The Morgan fingerprint density at radius 1 is 1.77 bits per heavy atom. The molecule has 0 bridgehead atoms. The third-order valence-electron chi connectivity index (χ3n) is 1.12. The fourth-order valence-corrected chi connectivity index (χ4v) is 0.643. The monoisotopic (exact) mass is 210 g/mol. The zero-order valence-electron chi connectivity index (χ0n) is 6.99. The molecular formula is C6H9FNO4S-. The number of hydrogen-bond acceptors (Lipinski definition) is 4. The summed E-state index contributed by atoms with van der Waals surface area (Å²) < 4.78 is 37.6. The van der Waals surface area contributed by atoms with Gasteiger partial charge in [0.05, 0.1) is 0 Å². The first-order valence-corrected chi connectivity index (χ1v) is 4.30. The quantitative estimate of drug-likeness (QED) is 0.356. The summed E-state index contributed by atoms with van der Waals surface area (Å²) in [6.07, 6.45) is 0. The van der Waals surface area contributed by atoms with E-state index in [0.717, 1.165) is 4.31 Å². The molecule has 0 fully saturated rings. The summed E-state index contributed by atoms with van der Waals surface area (Å²) in [6, 6.07) is 0. The first-order valence-electron chi connectivity index (χ1n) is 3.27. The first-order chi connectivity index (χ1) is 5.95. The number of likely N-dealkylation sites (N-methyl/N-ethyl adjacent to an activating group) is 1. The van der Waals surface area contributed by atoms with Gasteiger partial charge < -0.3 is 9.29 Å². The lowest BCUT2D eigenvalue weighted by atomic mass is 10.6. The Morgan fingerprint density at radius 2 is 2.31 bits per heavy atom. The highest BCUT2D eigenvalue weighted by Crippen LogP contribution is 1.95. The fourth-order valence-electron chi connectivity index (χ4n) is 0.420. The van der Waals surface area contributed by atoms with Crippen molar-refractivity contribution in [2.24, 2.45) is 0 Å². The van der Waals surface area contributed by atoms with Gasteiger partial charge in [0.25, 0.3) is 0 Å². The Hall–Kier alpha value is -0.790. The van der Waals surface area contributed by atoms with Crippen molar-refractivity contribution in [1.82, 2.24) is 4.31 Å². The van der Waals surface area contributed by atoms with E-state index in [0.29, 0.717) is 0 Å². The molecule has 76 valence electrons. The lowest BCUT2D eigenvalue weighted by Crippen LogP contribution is -2.26. The number of carbonyl (C=O) groups excluding carboxylic acids is 1. The highest BCUT2D eigenvalue weighted by Gasteiger charge is 2.07. The summed E-state index contributed by atoms with van der Waals surface area (Å²) in [4.78, 5) is 10.4. The molecule has 13 heavy (non-hydrogen) atoms. The standard InChI is InChI=1S/C6H10FNO4S/c1-5(7)6(9)12-4-3-8(2)13(10)11/h1,3-4H2,2H3,(H,10,11)/p-1. The minimum Gasteiger partial charge on any atom is -0.760 e. The van der Waals surface area contributed by atoms with Crippen LogP contribution in [0.2, 0.25) is 0 Å². The largest absolute Gasteiger partial charge is 0.760 e. The Bertz CT molecular complexity index is 233. The minimum absolute atomic E-state index is 0.0187. The average Bonchev–Trinajstić information content (AvgIpc) is 2.03. The van der Waals surface area contributed by atoms with Gasteiger partial charge in [-0.3, -0.25) is 4.21 Å². The molecule has 0 aromatic carbocycles. The van der Waals surface area contributed by atoms with Crippen molar-refractivity contribution < 1.29 is 22.7 Å². The van der Waals surface area contributed by atoms with E-state index in [4.69, 9.17) is 0 Å². The third-order valence-corrected chi connectivity index (χ3v) is 1.81. The van der Waals surface area contributed by atoms with Crippen LogP contribution in [-0.2, 0) is 20.8 Å². The van der Waals surface area contributed by atoms with Gasteiger partial charge in [-0.05, 0) is 7.05 Å². The summed E-state index contributed by atoms with van der Waals surface area (Å²) in [6.45, 7) is 2.49. The van der Waals surface area contributed by atoms with Gasteiger partial charge in [-0.25, -0.2) is 9.10 Å². The Morgan fingerprint density at radius 3 is 2.69 bits per heavy atom. The first kappa shape index (κ1) is 12.2. The summed E-state index contributed by atoms with van der Waals surface area (Å²) in [5.41, 5.74) is 0. The molecule has 0 aliphatic heterocycles. The van der Waals surface area contributed by atoms with Crippen molar-refractivity contribution >= 4 is 17.2 Å². The number of ether oxygens (including phenoxy) is 1. The van der Waals surface area contributed by atoms with E-state index < -0.39 is 23.1 Å². The van der Waals surface area contributed by atoms with Gasteiger partial charge in [0, 0.05) is 17.8 Å². The normalized spacial score (nSPS) is 12.6. The molecule has 0 spiro atoms. The van der Waals surface area contributed by atoms with Crippen molar-refractivity contribution in [3.63, 3.8) is 0 Å². The van der Waals surface area contributed by atoms with E-state index in [1.165, 1.54) is 7.05 Å². The Balaban J connectivity index is 3.62. The van der Waals surface area contributed by atoms with Crippen LogP contribution >= 0.6 is 0 Å². The van der Waals surface area contributed by atoms with Gasteiger partial charge in [-0.1, -0.05) is 6.58 Å². The summed E-state index contributed by atoms with van der Waals surface area (Å²) in [5, 5.41) is 0. The van der Waals surface area contributed by atoms with Crippen LogP contribution in [0.3, 0.4) is 0 Å². The second-order valence-corrected chi connectivity index (χ2v) is 3.17. The highest BCUT2D eigenvalue weighted by molar-refractivity contribution is 7.76. The SMILES string of the molecule is C=C(F)C(=O)OCCN(C)S(=O)[O-]. The molecule has 0 aliphatic carbocycles. The molecule has 0 radical (unpaired) electrons. The van der Waals surface area contributed by atoms with Crippen LogP contribution in [-0.4, -0.2) is 39.2 Å². The van der Waals surface area contributed by atoms with Crippen molar-refractivity contribution in [2.45, 2.75) is 0 Å². The molecule has 0 amide bonds. The van der Waals surface area contributed by atoms with E-state index in [2.05, 4.69) is 11.3 Å². The number of carbonyl (C=O) groups is 1. The van der Waals surface area contributed by atoms with E-state index in [1.54, 1.807) is 0 Å². The summed E-state index contributed by atoms with van der Waals surface area (Å²) >= 11 is -2.36. The Kier molecular flexibility index (Phi) is 5.44. The second-order valence-electron chi connectivity index (χ2n) is 2.11. The maximum absolute atomic E-state index is 12.0. The molecule has 0 rings (SSSR count). The van der Waals surface area contributed by atoms with E-state index >= 15 is 0 Å². The zero-order valence-corrected chi connectivity index (χ0v) is 7.80. The van der Waals surface area contributed by atoms with Gasteiger partial charge in [0.15, 0.2) is 0 Å². The fraction of sp³-hybridized carbons (Fsp3) is 0.500. The lowest BCUT2D eigenvalue weighted by Gasteiger charge is -2.17. The highest BCUT2D eigenvalue weighted by atomic mass is 32.2. The number of nitrogens with zero attached hydrogens (tertiary/aromatic N) is 1.